The number of nitriles is 1. The van der Waals surface area contributed by atoms with E-state index in [1.165, 1.54) is 13.3 Å². The van der Waals surface area contributed by atoms with E-state index in [-0.39, 0.29) is 38.9 Å². The molecule has 1 saturated heterocycles. The summed E-state index contributed by atoms with van der Waals surface area (Å²) >= 11 is 12.0. The van der Waals surface area contributed by atoms with Crippen molar-refractivity contribution >= 4 is 44.6 Å². The van der Waals surface area contributed by atoms with Gasteiger partial charge in [-0.05, 0) is 18.6 Å². The van der Waals surface area contributed by atoms with E-state index in [4.69, 9.17) is 27.9 Å². The summed E-state index contributed by atoms with van der Waals surface area (Å²) in [6.07, 6.45) is 1.81. The van der Waals surface area contributed by atoms with Crippen molar-refractivity contribution in [3.63, 3.8) is 0 Å². The molecule has 2 rings (SSSR count). The molecule has 1 fully saturated rings. The maximum atomic E-state index is 12.5. The number of methoxy groups -OCH3 is 1. The predicted octanol–water partition coefficient (Wildman–Crippen LogP) is 2.47. The van der Waals surface area contributed by atoms with Crippen LogP contribution in [0.3, 0.4) is 0 Å². The number of carbonyl (C=O) groups excluding carboxylic acids is 1. The molecule has 0 aliphatic carbocycles. The minimum atomic E-state index is -3.11. The van der Waals surface area contributed by atoms with Crippen molar-refractivity contribution in [2.75, 3.05) is 37.1 Å². The summed E-state index contributed by atoms with van der Waals surface area (Å²) in [4.78, 5) is 14.2. The van der Waals surface area contributed by atoms with Gasteiger partial charge in [-0.15, -0.1) is 0 Å². The molecule has 0 spiro atoms. The van der Waals surface area contributed by atoms with Crippen LogP contribution in [0.1, 0.15) is 6.42 Å². The number of halogens is 2. The number of rotatable bonds is 7. The van der Waals surface area contributed by atoms with Gasteiger partial charge in [0.05, 0.1) is 33.8 Å². The highest BCUT2D eigenvalue weighted by molar-refractivity contribution is 7.91. The van der Waals surface area contributed by atoms with Crippen LogP contribution in [0, 0.1) is 11.3 Å². The van der Waals surface area contributed by atoms with Gasteiger partial charge in [-0.1, -0.05) is 29.3 Å². The molecule has 1 aliphatic rings. The van der Waals surface area contributed by atoms with Gasteiger partial charge in [0.15, 0.2) is 9.84 Å². The fraction of sp³-hybridized carbons (Fsp3) is 0.412. The highest BCUT2D eigenvalue weighted by Gasteiger charge is 2.31. The molecule has 1 aromatic carbocycles. The Kier molecular flexibility index (Phi) is 7.50. The quantitative estimate of drug-likeness (QED) is 0.525. The van der Waals surface area contributed by atoms with Crippen molar-refractivity contribution in [2.24, 2.45) is 0 Å². The molecule has 146 valence electrons. The third-order valence-corrected chi connectivity index (χ3v) is 6.66. The second-order valence-corrected chi connectivity index (χ2v) is 9.01. The average molecular weight is 432 g/mol. The van der Waals surface area contributed by atoms with Crippen LogP contribution in [0.2, 0.25) is 10.0 Å². The summed E-state index contributed by atoms with van der Waals surface area (Å²) in [7, 11) is -1.59. The van der Waals surface area contributed by atoms with Crippen LogP contribution < -0.4 is 5.32 Å². The summed E-state index contributed by atoms with van der Waals surface area (Å²) < 4.78 is 28.6. The Balaban J connectivity index is 2.22. The lowest BCUT2D eigenvalue weighted by Gasteiger charge is -2.26. The minimum absolute atomic E-state index is 0.0202. The first-order chi connectivity index (χ1) is 12.8. The normalized spacial score (nSPS) is 18.7. The van der Waals surface area contributed by atoms with Gasteiger partial charge in [0.1, 0.15) is 11.6 Å². The van der Waals surface area contributed by atoms with Crippen molar-refractivity contribution in [1.82, 2.24) is 4.90 Å². The Bertz CT molecular complexity index is 881. The first-order valence-electron chi connectivity index (χ1n) is 8.10. The monoisotopic (exact) mass is 431 g/mol. The summed E-state index contributed by atoms with van der Waals surface area (Å²) in [5, 5.41) is 12.4. The van der Waals surface area contributed by atoms with Gasteiger partial charge in [0, 0.05) is 25.9 Å². The number of ether oxygens (including phenoxy) is 1. The van der Waals surface area contributed by atoms with Crippen LogP contribution in [0.4, 0.5) is 5.69 Å². The van der Waals surface area contributed by atoms with Gasteiger partial charge >= 0.3 is 0 Å². The molecule has 1 atom stereocenters. The van der Waals surface area contributed by atoms with Gasteiger partial charge in [-0.3, -0.25) is 4.79 Å². The fourth-order valence-electron chi connectivity index (χ4n) is 2.68. The molecule has 7 nitrogen and oxygen atoms in total. The van der Waals surface area contributed by atoms with E-state index in [9.17, 15) is 18.5 Å². The van der Waals surface area contributed by atoms with Crippen LogP contribution in [-0.2, 0) is 19.4 Å². The zero-order valence-electron chi connectivity index (χ0n) is 14.6. The van der Waals surface area contributed by atoms with Crippen LogP contribution in [0.5, 0.6) is 0 Å². The van der Waals surface area contributed by atoms with E-state index in [0.29, 0.717) is 19.6 Å². The lowest BCUT2D eigenvalue weighted by Crippen LogP contribution is -2.35. The number of hydrogen-bond acceptors (Lipinski definition) is 6. The number of anilines is 1. The molecule has 1 unspecified atom stereocenters. The number of benzene rings is 1. The molecular formula is C17H19Cl2N3O4S. The second kappa shape index (κ2) is 9.42. The number of sulfone groups is 1. The van der Waals surface area contributed by atoms with E-state index < -0.39 is 15.7 Å². The number of amides is 1. The van der Waals surface area contributed by atoms with Crippen molar-refractivity contribution in [1.29, 1.82) is 5.26 Å². The van der Waals surface area contributed by atoms with E-state index in [1.54, 1.807) is 23.1 Å². The first-order valence-corrected chi connectivity index (χ1v) is 10.7. The van der Waals surface area contributed by atoms with E-state index in [2.05, 4.69) is 5.32 Å². The Morgan fingerprint density at radius 2 is 2.22 bits per heavy atom. The van der Waals surface area contributed by atoms with Gasteiger partial charge in [-0.25, -0.2) is 8.42 Å². The van der Waals surface area contributed by atoms with E-state index in [1.807, 2.05) is 6.07 Å². The Morgan fingerprint density at radius 1 is 1.48 bits per heavy atom. The zero-order chi connectivity index (χ0) is 20.0. The summed E-state index contributed by atoms with van der Waals surface area (Å²) in [6.45, 7) is 0.681. The molecule has 0 radical (unpaired) electrons. The number of nitrogens with zero attached hydrogens (tertiary/aromatic N) is 2. The Labute approximate surface area is 168 Å². The van der Waals surface area contributed by atoms with Crippen LogP contribution >= 0.6 is 23.2 Å². The van der Waals surface area contributed by atoms with Crippen molar-refractivity contribution in [2.45, 2.75) is 12.5 Å². The molecule has 1 amide bonds. The number of carbonyl (C=O) groups is 1. The smallest absolute Gasteiger partial charge is 0.267 e. The molecule has 27 heavy (non-hydrogen) atoms. The number of hydrogen-bond donors (Lipinski definition) is 1. The fourth-order valence-corrected chi connectivity index (χ4v) is 4.77. The van der Waals surface area contributed by atoms with Crippen LogP contribution in [0.25, 0.3) is 0 Å². The lowest BCUT2D eigenvalue weighted by molar-refractivity contribution is -0.112. The van der Waals surface area contributed by atoms with Crippen LogP contribution in [-0.4, -0.2) is 57.0 Å². The van der Waals surface area contributed by atoms with Gasteiger partial charge < -0.3 is 15.0 Å². The Morgan fingerprint density at radius 3 is 2.81 bits per heavy atom. The van der Waals surface area contributed by atoms with Gasteiger partial charge in [-0.2, -0.15) is 5.26 Å². The third-order valence-electron chi connectivity index (χ3n) is 4.09. The Hall–Kier alpha value is -1.79. The largest absolute Gasteiger partial charge is 0.383 e. The SMILES string of the molecule is COCCN(/C=C(/C#N)C(=O)Nc1cccc(Cl)c1Cl)C1CCS(=O)(=O)C1. The molecule has 1 aromatic rings. The lowest BCUT2D eigenvalue weighted by atomic mass is 10.2. The van der Waals surface area contributed by atoms with Crippen LogP contribution in [0.15, 0.2) is 30.0 Å². The topological polar surface area (TPSA) is 99.5 Å². The van der Waals surface area contributed by atoms with E-state index >= 15 is 0 Å². The molecule has 1 heterocycles. The standard InChI is InChI=1S/C17H19Cl2N3O4S/c1-26-7-6-22(13-5-8-27(24,25)11-13)10-12(9-20)17(23)21-15-4-2-3-14(18)16(15)19/h2-4,10,13H,5-8,11H2,1H3,(H,21,23)/b12-10-. The second-order valence-electron chi connectivity index (χ2n) is 6.00. The maximum absolute atomic E-state index is 12.5. The molecule has 1 aliphatic heterocycles. The molecule has 0 bridgehead atoms. The molecule has 10 heteroatoms. The van der Waals surface area contributed by atoms with Gasteiger partial charge in [0.2, 0.25) is 0 Å². The summed E-state index contributed by atoms with van der Waals surface area (Å²) in [6, 6.07) is 6.30. The zero-order valence-corrected chi connectivity index (χ0v) is 16.9. The van der Waals surface area contributed by atoms with Crippen molar-refractivity contribution < 1.29 is 17.9 Å². The van der Waals surface area contributed by atoms with Gasteiger partial charge in [0.25, 0.3) is 5.91 Å². The molecular weight excluding hydrogens is 413 g/mol. The molecule has 0 aromatic heterocycles. The van der Waals surface area contributed by atoms with Crippen molar-refractivity contribution in [3.8, 4) is 6.07 Å². The maximum Gasteiger partial charge on any atom is 0.267 e. The molecule has 0 saturated carbocycles. The van der Waals surface area contributed by atoms with Crippen molar-refractivity contribution in [3.05, 3.63) is 40.0 Å². The first kappa shape index (κ1) is 21.5. The highest BCUT2D eigenvalue weighted by atomic mass is 35.5. The van der Waals surface area contributed by atoms with E-state index in [0.717, 1.165) is 0 Å². The summed E-state index contributed by atoms with van der Waals surface area (Å²) in [5.74, 6) is -0.598. The summed E-state index contributed by atoms with van der Waals surface area (Å²) in [5.41, 5.74) is 0.105. The average Bonchev–Trinajstić information content (AvgIpc) is 2.99. The third kappa shape index (κ3) is 5.84. The minimum Gasteiger partial charge on any atom is -0.383 e. The molecule has 1 N–H and O–H groups in total. The number of nitrogens with one attached hydrogen (secondary N) is 1. The predicted molar refractivity (Wildman–Crippen MR) is 104 cm³/mol. The highest BCUT2D eigenvalue weighted by Crippen LogP contribution is 2.29.